The van der Waals surface area contributed by atoms with Gasteiger partial charge >= 0.3 is 0 Å². The van der Waals surface area contributed by atoms with Crippen molar-refractivity contribution in [2.75, 3.05) is 19.7 Å². The molecule has 1 aliphatic carbocycles. The molecule has 19 heavy (non-hydrogen) atoms. The molecule has 0 bridgehead atoms. The van der Waals surface area contributed by atoms with Gasteiger partial charge in [0.15, 0.2) is 5.78 Å². The van der Waals surface area contributed by atoms with Crippen molar-refractivity contribution in [3.63, 3.8) is 0 Å². The number of Topliss-reactive ketones (excluding diaryl/α,β-unsaturated/α-hetero) is 1. The number of ether oxygens (including phenoxy) is 2. The maximum atomic E-state index is 12.1. The summed E-state index contributed by atoms with van der Waals surface area (Å²) in [5.74, 6) is 0.987. The van der Waals surface area contributed by atoms with Crippen LogP contribution in [-0.4, -0.2) is 37.7 Å². The molecule has 0 radical (unpaired) electrons. The summed E-state index contributed by atoms with van der Waals surface area (Å²) in [5.41, 5.74) is 0.734. The standard InChI is InChI=1S/C15H19NO3/c17-15(9-14-10-16-7-8-18-14)11-1-3-12(4-2-11)19-13-5-6-13/h1-4,13-14,16H,5-10H2. The van der Waals surface area contributed by atoms with Crippen LogP contribution < -0.4 is 10.1 Å². The molecule has 0 aromatic heterocycles. The van der Waals surface area contributed by atoms with Crippen molar-refractivity contribution in [2.24, 2.45) is 0 Å². The molecule has 1 N–H and O–H groups in total. The molecule has 0 spiro atoms. The number of nitrogens with one attached hydrogen (secondary N) is 1. The van der Waals surface area contributed by atoms with E-state index in [2.05, 4.69) is 5.32 Å². The highest BCUT2D eigenvalue weighted by atomic mass is 16.5. The van der Waals surface area contributed by atoms with Crippen molar-refractivity contribution < 1.29 is 14.3 Å². The zero-order valence-electron chi connectivity index (χ0n) is 10.9. The second-order valence-electron chi connectivity index (χ2n) is 5.17. The van der Waals surface area contributed by atoms with Crippen LogP contribution in [0.15, 0.2) is 24.3 Å². The summed E-state index contributed by atoms with van der Waals surface area (Å²) in [5, 5.41) is 3.23. The van der Waals surface area contributed by atoms with Gasteiger partial charge in [0.2, 0.25) is 0 Å². The van der Waals surface area contributed by atoms with Gasteiger partial charge in [-0.3, -0.25) is 4.79 Å². The molecule has 1 unspecified atom stereocenters. The van der Waals surface area contributed by atoms with Gasteiger partial charge in [-0.05, 0) is 37.1 Å². The fourth-order valence-electron chi connectivity index (χ4n) is 2.17. The van der Waals surface area contributed by atoms with Gasteiger partial charge in [0, 0.05) is 25.1 Å². The number of rotatable bonds is 5. The molecule has 3 rings (SSSR count). The Labute approximate surface area is 113 Å². The van der Waals surface area contributed by atoms with E-state index in [1.54, 1.807) is 0 Å². The van der Waals surface area contributed by atoms with Crippen molar-refractivity contribution in [2.45, 2.75) is 31.5 Å². The lowest BCUT2D eigenvalue weighted by molar-refractivity contribution is 0.0240. The van der Waals surface area contributed by atoms with Crippen molar-refractivity contribution in [1.29, 1.82) is 0 Å². The van der Waals surface area contributed by atoms with Gasteiger partial charge < -0.3 is 14.8 Å². The smallest absolute Gasteiger partial charge is 0.165 e. The Morgan fingerprint density at radius 2 is 2.11 bits per heavy atom. The van der Waals surface area contributed by atoms with E-state index in [4.69, 9.17) is 9.47 Å². The van der Waals surface area contributed by atoms with Gasteiger partial charge in [0.1, 0.15) is 5.75 Å². The van der Waals surface area contributed by atoms with Crippen LogP contribution in [0.1, 0.15) is 29.6 Å². The van der Waals surface area contributed by atoms with Gasteiger partial charge in [-0.25, -0.2) is 0 Å². The maximum absolute atomic E-state index is 12.1. The van der Waals surface area contributed by atoms with E-state index in [0.29, 0.717) is 19.1 Å². The molecule has 0 amide bonds. The third-order valence-electron chi connectivity index (χ3n) is 3.42. The number of hydrogen-bond acceptors (Lipinski definition) is 4. The summed E-state index contributed by atoms with van der Waals surface area (Å²) in [7, 11) is 0. The lowest BCUT2D eigenvalue weighted by atomic mass is 10.0. The average molecular weight is 261 g/mol. The van der Waals surface area contributed by atoms with E-state index in [-0.39, 0.29) is 11.9 Å². The predicted octanol–water partition coefficient (Wildman–Crippen LogP) is 1.79. The molecule has 1 atom stereocenters. The first kappa shape index (κ1) is 12.6. The quantitative estimate of drug-likeness (QED) is 0.821. The number of carbonyl (C=O) groups excluding carboxylic acids is 1. The molecule has 2 fully saturated rings. The molecule has 1 aromatic carbocycles. The summed E-state index contributed by atoms with van der Waals surface area (Å²) in [4.78, 5) is 12.1. The van der Waals surface area contributed by atoms with Crippen LogP contribution in [0, 0.1) is 0 Å². The van der Waals surface area contributed by atoms with E-state index in [1.807, 2.05) is 24.3 Å². The van der Waals surface area contributed by atoms with Gasteiger partial charge in [-0.2, -0.15) is 0 Å². The highest BCUT2D eigenvalue weighted by Crippen LogP contribution is 2.26. The van der Waals surface area contributed by atoms with E-state index in [1.165, 1.54) is 0 Å². The highest BCUT2D eigenvalue weighted by molar-refractivity contribution is 5.96. The molecule has 4 nitrogen and oxygen atoms in total. The normalized spacial score (nSPS) is 23.1. The summed E-state index contributed by atoms with van der Waals surface area (Å²) < 4.78 is 11.2. The molecular formula is C15H19NO3. The lowest BCUT2D eigenvalue weighted by Crippen LogP contribution is -2.39. The van der Waals surface area contributed by atoms with Gasteiger partial charge in [-0.15, -0.1) is 0 Å². The van der Waals surface area contributed by atoms with E-state index < -0.39 is 0 Å². The molecular weight excluding hydrogens is 242 g/mol. The zero-order valence-corrected chi connectivity index (χ0v) is 10.9. The Hall–Kier alpha value is -1.39. The Balaban J connectivity index is 1.55. The van der Waals surface area contributed by atoms with Crippen LogP contribution in [0.2, 0.25) is 0 Å². The minimum absolute atomic E-state index is 0.00337. The molecule has 1 heterocycles. The summed E-state index contributed by atoms with van der Waals surface area (Å²) in [6.07, 6.45) is 3.13. The monoisotopic (exact) mass is 261 g/mol. The van der Waals surface area contributed by atoms with Gasteiger partial charge in [0.25, 0.3) is 0 Å². The lowest BCUT2D eigenvalue weighted by Gasteiger charge is -2.22. The molecule has 1 aromatic rings. The van der Waals surface area contributed by atoms with Crippen molar-refractivity contribution in [1.82, 2.24) is 5.32 Å². The third-order valence-corrected chi connectivity index (χ3v) is 3.42. The van der Waals surface area contributed by atoms with Crippen LogP contribution in [0.25, 0.3) is 0 Å². The number of hydrogen-bond donors (Lipinski definition) is 1. The topological polar surface area (TPSA) is 47.6 Å². The molecule has 2 aliphatic rings. The van der Waals surface area contributed by atoms with Crippen LogP contribution in [0.5, 0.6) is 5.75 Å². The fourth-order valence-corrected chi connectivity index (χ4v) is 2.17. The highest BCUT2D eigenvalue weighted by Gasteiger charge is 2.23. The number of morpholine rings is 1. The first-order valence-electron chi connectivity index (χ1n) is 6.93. The number of ketones is 1. The zero-order chi connectivity index (χ0) is 13.1. The minimum Gasteiger partial charge on any atom is -0.490 e. The van der Waals surface area contributed by atoms with Crippen LogP contribution in [0.4, 0.5) is 0 Å². The third kappa shape index (κ3) is 3.55. The average Bonchev–Trinajstić information content (AvgIpc) is 3.25. The molecule has 1 saturated heterocycles. The summed E-state index contributed by atoms with van der Waals surface area (Å²) >= 11 is 0. The molecule has 102 valence electrons. The van der Waals surface area contributed by atoms with E-state index in [9.17, 15) is 4.79 Å². The van der Waals surface area contributed by atoms with Crippen LogP contribution in [0.3, 0.4) is 0 Å². The SMILES string of the molecule is O=C(CC1CNCCO1)c1ccc(OC2CC2)cc1. The summed E-state index contributed by atoms with van der Waals surface area (Å²) in [6, 6.07) is 7.45. The fraction of sp³-hybridized carbons (Fsp3) is 0.533. The Morgan fingerprint density at radius 3 is 2.74 bits per heavy atom. The summed E-state index contributed by atoms with van der Waals surface area (Å²) in [6.45, 7) is 2.32. The number of benzene rings is 1. The number of carbonyl (C=O) groups is 1. The largest absolute Gasteiger partial charge is 0.490 e. The van der Waals surface area contributed by atoms with Crippen molar-refractivity contribution >= 4 is 5.78 Å². The first-order chi connectivity index (χ1) is 9.31. The Morgan fingerprint density at radius 1 is 1.32 bits per heavy atom. The maximum Gasteiger partial charge on any atom is 0.165 e. The minimum atomic E-state index is 0.00337. The first-order valence-corrected chi connectivity index (χ1v) is 6.93. The van der Waals surface area contributed by atoms with Gasteiger partial charge in [-0.1, -0.05) is 0 Å². The van der Waals surface area contributed by atoms with Gasteiger partial charge in [0.05, 0.1) is 18.8 Å². The van der Waals surface area contributed by atoms with Crippen molar-refractivity contribution in [3.05, 3.63) is 29.8 Å². The van der Waals surface area contributed by atoms with E-state index in [0.717, 1.165) is 37.2 Å². The van der Waals surface area contributed by atoms with E-state index >= 15 is 0 Å². The molecule has 4 heteroatoms. The predicted molar refractivity (Wildman–Crippen MR) is 71.6 cm³/mol. The molecule has 1 saturated carbocycles. The Bertz CT molecular complexity index is 433. The van der Waals surface area contributed by atoms with Crippen molar-refractivity contribution in [3.8, 4) is 5.75 Å². The Kier molecular flexibility index (Phi) is 3.80. The molecule has 1 aliphatic heterocycles. The second kappa shape index (κ2) is 5.72. The van der Waals surface area contributed by atoms with Crippen LogP contribution >= 0.6 is 0 Å². The second-order valence-corrected chi connectivity index (χ2v) is 5.17. The van der Waals surface area contributed by atoms with Crippen LogP contribution in [-0.2, 0) is 4.74 Å².